The lowest BCUT2D eigenvalue weighted by Crippen LogP contribution is -2.33. The number of benzene rings is 1. The highest BCUT2D eigenvalue weighted by atomic mass is 16.5. The van der Waals surface area contributed by atoms with E-state index in [-0.39, 0.29) is 0 Å². The van der Waals surface area contributed by atoms with Gasteiger partial charge in [0.25, 0.3) is 0 Å². The maximum Gasteiger partial charge on any atom is 0.119 e. The molecule has 3 rings (SSSR count). The summed E-state index contributed by atoms with van der Waals surface area (Å²) in [4.78, 5) is 2.52. The zero-order valence-electron chi connectivity index (χ0n) is 16.5. The molecular weight excluding hydrogens is 318 g/mol. The van der Waals surface area contributed by atoms with Gasteiger partial charge in [-0.05, 0) is 81.0 Å². The van der Waals surface area contributed by atoms with Crippen LogP contribution in [0.25, 0.3) is 5.57 Å². The maximum atomic E-state index is 5.99. The largest absolute Gasteiger partial charge is 0.492 e. The summed E-state index contributed by atoms with van der Waals surface area (Å²) in [5, 5.41) is 0. The average Bonchev–Trinajstić information content (AvgIpc) is 2.71. The fraction of sp³-hybridized carbons (Fsp3) is 0.500. The molecule has 2 aliphatic rings. The molecule has 0 atom stereocenters. The van der Waals surface area contributed by atoms with Crippen LogP contribution in [0.2, 0.25) is 0 Å². The highest BCUT2D eigenvalue weighted by molar-refractivity contribution is 5.84. The number of likely N-dealkylation sites (tertiary alicyclic amines) is 1. The highest BCUT2D eigenvalue weighted by Gasteiger charge is 2.12. The average molecular weight is 352 g/mol. The Hall–Kier alpha value is -1.80. The minimum Gasteiger partial charge on any atom is -0.492 e. The molecule has 1 heterocycles. The third-order valence-electron chi connectivity index (χ3n) is 5.51. The summed E-state index contributed by atoms with van der Waals surface area (Å²) in [6.45, 7) is 8.77. The Labute approximate surface area is 159 Å². The van der Waals surface area contributed by atoms with E-state index in [1.54, 1.807) is 0 Å². The molecule has 0 saturated carbocycles. The van der Waals surface area contributed by atoms with Gasteiger partial charge >= 0.3 is 0 Å². The van der Waals surface area contributed by atoms with Crippen LogP contribution in [-0.2, 0) is 0 Å². The van der Waals surface area contributed by atoms with Crippen LogP contribution in [0.1, 0.15) is 57.9 Å². The molecule has 2 nitrogen and oxygen atoms in total. The summed E-state index contributed by atoms with van der Waals surface area (Å²) in [5.41, 5.74) is 5.50. The van der Waals surface area contributed by atoms with E-state index in [0.717, 1.165) is 38.2 Å². The minimum absolute atomic E-state index is 0.782. The molecule has 1 saturated heterocycles. The van der Waals surface area contributed by atoms with Crippen LogP contribution >= 0.6 is 0 Å². The molecule has 1 aliphatic carbocycles. The molecule has 0 N–H and O–H groups in total. The number of hydrogen-bond acceptors (Lipinski definition) is 2. The topological polar surface area (TPSA) is 12.5 Å². The van der Waals surface area contributed by atoms with Crippen molar-refractivity contribution in [3.63, 3.8) is 0 Å². The predicted molar refractivity (Wildman–Crippen MR) is 112 cm³/mol. The summed E-state index contributed by atoms with van der Waals surface area (Å²) >= 11 is 0. The van der Waals surface area contributed by atoms with Crippen molar-refractivity contribution in [2.24, 2.45) is 0 Å². The second-order valence-electron chi connectivity index (χ2n) is 7.42. The van der Waals surface area contributed by atoms with Gasteiger partial charge in [-0.1, -0.05) is 49.3 Å². The van der Waals surface area contributed by atoms with Crippen molar-refractivity contribution in [2.45, 2.75) is 52.4 Å². The lowest BCUT2D eigenvalue weighted by molar-refractivity contribution is 0.183. The van der Waals surface area contributed by atoms with E-state index in [1.165, 1.54) is 54.6 Å². The summed E-state index contributed by atoms with van der Waals surface area (Å²) < 4.78 is 5.99. The molecule has 1 aromatic carbocycles. The zero-order valence-corrected chi connectivity index (χ0v) is 16.5. The van der Waals surface area contributed by atoms with E-state index in [0.29, 0.717) is 0 Å². The predicted octanol–water partition coefficient (Wildman–Crippen LogP) is 6.01. The van der Waals surface area contributed by atoms with Crippen LogP contribution in [0, 0.1) is 0 Å². The van der Waals surface area contributed by atoms with Crippen molar-refractivity contribution >= 4 is 5.57 Å². The van der Waals surface area contributed by atoms with Gasteiger partial charge in [0.2, 0.25) is 0 Å². The van der Waals surface area contributed by atoms with Gasteiger partial charge in [0, 0.05) is 6.54 Å². The summed E-state index contributed by atoms with van der Waals surface area (Å²) in [5.74, 6) is 0.979. The van der Waals surface area contributed by atoms with Crippen molar-refractivity contribution in [1.29, 1.82) is 0 Å². The number of allylic oxidation sites excluding steroid dienone is 6. The summed E-state index contributed by atoms with van der Waals surface area (Å²) in [6, 6.07) is 8.69. The molecule has 1 fully saturated rings. The minimum atomic E-state index is 0.782. The van der Waals surface area contributed by atoms with Crippen LogP contribution in [-0.4, -0.2) is 31.1 Å². The molecule has 1 aromatic rings. The number of hydrogen-bond donors (Lipinski definition) is 0. The summed E-state index contributed by atoms with van der Waals surface area (Å²) in [6.07, 6.45) is 14.4. The Morgan fingerprint density at radius 1 is 1.04 bits per heavy atom. The van der Waals surface area contributed by atoms with E-state index < -0.39 is 0 Å². The van der Waals surface area contributed by atoms with Gasteiger partial charge in [-0.15, -0.1) is 0 Å². The molecule has 0 amide bonds. The van der Waals surface area contributed by atoms with Gasteiger partial charge in [0.1, 0.15) is 12.4 Å². The van der Waals surface area contributed by atoms with Gasteiger partial charge < -0.3 is 4.74 Å². The maximum absolute atomic E-state index is 5.99. The molecule has 26 heavy (non-hydrogen) atoms. The Morgan fingerprint density at radius 2 is 1.81 bits per heavy atom. The normalized spacial score (nSPS) is 19.1. The summed E-state index contributed by atoms with van der Waals surface area (Å²) in [7, 11) is 0. The van der Waals surface area contributed by atoms with E-state index in [1.807, 2.05) is 0 Å². The number of nitrogens with zero attached hydrogens (tertiary/aromatic N) is 1. The van der Waals surface area contributed by atoms with E-state index >= 15 is 0 Å². The first-order chi connectivity index (χ1) is 12.8. The fourth-order valence-electron chi connectivity index (χ4n) is 3.83. The van der Waals surface area contributed by atoms with E-state index in [2.05, 4.69) is 61.2 Å². The van der Waals surface area contributed by atoms with Crippen LogP contribution in [0.15, 0.2) is 53.6 Å². The Balaban J connectivity index is 1.63. The van der Waals surface area contributed by atoms with Gasteiger partial charge in [0.15, 0.2) is 0 Å². The van der Waals surface area contributed by atoms with Gasteiger partial charge in [-0.25, -0.2) is 0 Å². The van der Waals surface area contributed by atoms with Crippen molar-refractivity contribution in [1.82, 2.24) is 4.90 Å². The number of ether oxygens (including phenoxy) is 1. The van der Waals surface area contributed by atoms with E-state index in [4.69, 9.17) is 4.74 Å². The molecule has 0 bridgehead atoms. The first-order valence-corrected chi connectivity index (χ1v) is 10.3. The molecule has 2 heteroatoms. The Bertz CT molecular complexity index is 660. The molecule has 0 spiro atoms. The standard InChI is InChI=1S/C24H33NO/c1-3-20(2)24(21-10-6-4-7-11-21)22-12-14-23(15-13-22)26-19-18-25-16-8-5-9-17-25/h6,10-15H,3-5,7-9,16-19H2,1-2H3/b24-20-. The van der Waals surface area contributed by atoms with Crippen molar-refractivity contribution in [3.8, 4) is 5.75 Å². The SMILES string of the molecule is CC/C(C)=C(/C1=CCCC=C1)c1ccc(OCCN2CCCCC2)cc1. The Morgan fingerprint density at radius 3 is 2.46 bits per heavy atom. The fourth-order valence-corrected chi connectivity index (χ4v) is 3.83. The second-order valence-corrected chi connectivity index (χ2v) is 7.42. The first kappa shape index (κ1) is 19.0. The molecule has 0 radical (unpaired) electrons. The molecule has 0 unspecified atom stereocenters. The third-order valence-corrected chi connectivity index (χ3v) is 5.51. The van der Waals surface area contributed by atoms with Crippen LogP contribution in [0.4, 0.5) is 0 Å². The smallest absolute Gasteiger partial charge is 0.119 e. The Kier molecular flexibility index (Phi) is 7.13. The lowest BCUT2D eigenvalue weighted by Gasteiger charge is -2.26. The monoisotopic (exact) mass is 351 g/mol. The van der Waals surface area contributed by atoms with Crippen LogP contribution in [0.5, 0.6) is 5.75 Å². The number of rotatable bonds is 7. The van der Waals surface area contributed by atoms with Gasteiger partial charge in [0.05, 0.1) is 0 Å². The molecule has 1 aliphatic heterocycles. The number of piperidine rings is 1. The van der Waals surface area contributed by atoms with Crippen LogP contribution < -0.4 is 4.74 Å². The van der Waals surface area contributed by atoms with E-state index in [9.17, 15) is 0 Å². The quantitative estimate of drug-likeness (QED) is 0.596. The first-order valence-electron chi connectivity index (χ1n) is 10.3. The zero-order chi connectivity index (χ0) is 18.2. The van der Waals surface area contributed by atoms with Crippen molar-refractivity contribution < 1.29 is 4.74 Å². The molecule has 140 valence electrons. The van der Waals surface area contributed by atoms with Gasteiger partial charge in [-0.3, -0.25) is 4.90 Å². The highest BCUT2D eigenvalue weighted by Crippen LogP contribution is 2.32. The van der Waals surface area contributed by atoms with Crippen molar-refractivity contribution in [2.75, 3.05) is 26.2 Å². The van der Waals surface area contributed by atoms with Crippen molar-refractivity contribution in [3.05, 3.63) is 59.2 Å². The lowest BCUT2D eigenvalue weighted by atomic mass is 9.89. The van der Waals surface area contributed by atoms with Crippen LogP contribution in [0.3, 0.4) is 0 Å². The third kappa shape index (κ3) is 5.11. The van der Waals surface area contributed by atoms with Gasteiger partial charge in [-0.2, -0.15) is 0 Å². The molecule has 0 aromatic heterocycles. The molecular formula is C24H33NO. The second kappa shape index (κ2) is 9.78.